The summed E-state index contributed by atoms with van der Waals surface area (Å²) >= 11 is 0. The second-order valence-electron chi connectivity index (χ2n) is 13.8. The molecule has 3 heterocycles. The SMILES string of the molecule is COc1ccc(COc2cc(B3OC(C)(C)C(C)(C)O3)c3cnn(-c4cccc(CO[Si](C)(C)C(C)(C)C)n4)c3c2)cc1. The molecule has 0 atom stereocenters. The predicted octanol–water partition coefficient (Wildman–Crippen LogP) is 6.83. The molecule has 0 saturated carbocycles. The van der Waals surface area contributed by atoms with Gasteiger partial charge in [0, 0.05) is 11.5 Å². The number of fused-ring (bicyclic) bond motifs is 1. The average Bonchev–Trinajstić information content (AvgIpc) is 3.47. The van der Waals surface area contributed by atoms with Gasteiger partial charge in [0.15, 0.2) is 14.1 Å². The third kappa shape index (κ3) is 6.38. The first-order valence-electron chi connectivity index (χ1n) is 14.8. The molecule has 0 aliphatic carbocycles. The molecule has 4 aromatic rings. The maximum atomic E-state index is 6.47. The highest BCUT2D eigenvalue weighted by Gasteiger charge is 2.52. The fourth-order valence-electron chi connectivity index (χ4n) is 4.58. The van der Waals surface area contributed by atoms with E-state index in [1.807, 2.05) is 65.5 Å². The molecule has 10 heteroatoms. The zero-order valence-electron chi connectivity index (χ0n) is 27.1. The van der Waals surface area contributed by atoms with Crippen LogP contribution in [0, 0.1) is 0 Å². The second-order valence-corrected chi connectivity index (χ2v) is 18.6. The van der Waals surface area contributed by atoms with Gasteiger partial charge in [0.1, 0.15) is 18.1 Å². The summed E-state index contributed by atoms with van der Waals surface area (Å²) in [5, 5.41) is 5.82. The highest BCUT2D eigenvalue weighted by molar-refractivity contribution is 6.74. The first-order chi connectivity index (χ1) is 20.1. The van der Waals surface area contributed by atoms with Crippen LogP contribution in [0.4, 0.5) is 0 Å². The topological polar surface area (TPSA) is 76.9 Å². The summed E-state index contributed by atoms with van der Waals surface area (Å²) < 4.78 is 32.9. The number of aromatic nitrogens is 3. The van der Waals surface area contributed by atoms with Crippen LogP contribution in [0.5, 0.6) is 11.5 Å². The molecule has 2 aromatic carbocycles. The largest absolute Gasteiger partial charge is 0.497 e. The molecule has 0 radical (unpaired) electrons. The Morgan fingerprint density at radius 1 is 0.907 bits per heavy atom. The summed E-state index contributed by atoms with van der Waals surface area (Å²) in [5.74, 6) is 2.20. The van der Waals surface area contributed by atoms with Gasteiger partial charge in [-0.3, -0.25) is 0 Å². The van der Waals surface area contributed by atoms with Crippen LogP contribution in [-0.4, -0.2) is 48.5 Å². The Labute approximate surface area is 256 Å². The van der Waals surface area contributed by atoms with E-state index < -0.39 is 26.6 Å². The van der Waals surface area contributed by atoms with Crippen LogP contribution in [0.1, 0.15) is 59.7 Å². The molecule has 0 bridgehead atoms. The number of nitrogens with zero attached hydrogens (tertiary/aromatic N) is 3. The van der Waals surface area contributed by atoms with Crippen molar-refractivity contribution >= 4 is 31.8 Å². The van der Waals surface area contributed by atoms with Crippen molar-refractivity contribution in [3.05, 3.63) is 72.1 Å². The molecule has 8 nitrogen and oxygen atoms in total. The van der Waals surface area contributed by atoms with Crippen LogP contribution < -0.4 is 14.9 Å². The van der Waals surface area contributed by atoms with Crippen LogP contribution in [0.15, 0.2) is 60.8 Å². The first-order valence-corrected chi connectivity index (χ1v) is 17.7. The third-order valence-corrected chi connectivity index (χ3v) is 13.6. The van der Waals surface area contributed by atoms with Crippen LogP contribution >= 0.6 is 0 Å². The number of methoxy groups -OCH3 is 1. The zero-order chi connectivity index (χ0) is 31.2. The number of hydrogen-bond donors (Lipinski definition) is 0. The van der Waals surface area contributed by atoms with Crippen molar-refractivity contribution in [2.75, 3.05) is 7.11 Å². The summed E-state index contributed by atoms with van der Waals surface area (Å²) in [6.07, 6.45) is 1.85. The maximum Gasteiger partial charge on any atom is 0.495 e. The summed E-state index contributed by atoms with van der Waals surface area (Å²) in [6.45, 7) is 20.3. The monoisotopic (exact) mass is 601 g/mol. The number of hydrogen-bond acceptors (Lipinski definition) is 7. The van der Waals surface area contributed by atoms with Gasteiger partial charge in [-0.2, -0.15) is 5.10 Å². The van der Waals surface area contributed by atoms with E-state index in [1.54, 1.807) is 7.11 Å². The van der Waals surface area contributed by atoms with Gasteiger partial charge in [0.05, 0.1) is 42.3 Å². The molecule has 0 unspecified atom stereocenters. The maximum absolute atomic E-state index is 6.47. The molecular weight excluding hydrogens is 557 g/mol. The zero-order valence-corrected chi connectivity index (χ0v) is 28.1. The van der Waals surface area contributed by atoms with Crippen LogP contribution in [0.3, 0.4) is 0 Å². The van der Waals surface area contributed by atoms with Gasteiger partial charge in [-0.05, 0) is 87.2 Å². The Kier molecular flexibility index (Phi) is 8.28. The van der Waals surface area contributed by atoms with Gasteiger partial charge in [-0.15, -0.1) is 0 Å². The van der Waals surface area contributed by atoms with Crippen molar-refractivity contribution in [2.45, 2.75) is 91.0 Å². The molecule has 43 heavy (non-hydrogen) atoms. The molecule has 1 aliphatic rings. The predicted molar refractivity (Wildman–Crippen MR) is 174 cm³/mol. The highest BCUT2D eigenvalue weighted by atomic mass is 28.4. The fourth-order valence-corrected chi connectivity index (χ4v) is 5.52. The molecule has 1 aliphatic heterocycles. The molecule has 1 fully saturated rings. The molecule has 2 aromatic heterocycles. The van der Waals surface area contributed by atoms with E-state index in [-0.39, 0.29) is 5.04 Å². The van der Waals surface area contributed by atoms with Gasteiger partial charge in [0.25, 0.3) is 0 Å². The van der Waals surface area contributed by atoms with Crippen LogP contribution in [0.2, 0.25) is 18.1 Å². The Morgan fingerprint density at radius 3 is 2.21 bits per heavy atom. The molecule has 5 rings (SSSR count). The lowest BCUT2D eigenvalue weighted by Gasteiger charge is -2.36. The van der Waals surface area contributed by atoms with E-state index in [1.165, 1.54) is 0 Å². The van der Waals surface area contributed by atoms with Crippen LogP contribution in [0.25, 0.3) is 16.7 Å². The lowest BCUT2D eigenvalue weighted by molar-refractivity contribution is 0.00578. The van der Waals surface area contributed by atoms with Crippen molar-refractivity contribution in [3.63, 3.8) is 0 Å². The molecule has 228 valence electrons. The fraction of sp³-hybridized carbons (Fsp3) is 0.455. The smallest absolute Gasteiger partial charge is 0.495 e. The van der Waals surface area contributed by atoms with E-state index in [0.29, 0.717) is 24.8 Å². The van der Waals surface area contributed by atoms with E-state index >= 15 is 0 Å². The number of ether oxygens (including phenoxy) is 2. The lowest BCUT2D eigenvalue weighted by atomic mass is 9.77. The number of rotatable bonds is 9. The average molecular weight is 602 g/mol. The van der Waals surface area contributed by atoms with Crippen molar-refractivity contribution in [2.24, 2.45) is 0 Å². The Hall–Kier alpha value is -3.18. The Bertz CT molecular complexity index is 1580. The second kappa shape index (κ2) is 11.4. The standard InChI is InChI=1S/C33H44BN3O5Si/c1-31(2,3)43(9,10)40-22-24-12-11-13-30(36-24)37-29-19-26(39-21-23-14-16-25(38-8)17-15-23)18-28(27(29)20-35-37)34-41-32(4,5)33(6,7)42-34/h11-20H,21-22H2,1-10H3. The molecule has 0 N–H and O–H groups in total. The van der Waals surface area contributed by atoms with Gasteiger partial charge >= 0.3 is 7.12 Å². The van der Waals surface area contributed by atoms with E-state index in [4.69, 9.17) is 33.3 Å². The summed E-state index contributed by atoms with van der Waals surface area (Å²) in [5.41, 5.74) is 2.64. The molecule has 0 amide bonds. The first kappa shape index (κ1) is 31.3. The van der Waals surface area contributed by atoms with E-state index in [0.717, 1.165) is 33.4 Å². The van der Waals surface area contributed by atoms with Crippen molar-refractivity contribution < 1.29 is 23.2 Å². The third-order valence-electron chi connectivity index (χ3n) is 9.16. The van der Waals surface area contributed by atoms with Crippen LogP contribution in [-0.2, 0) is 26.9 Å². The van der Waals surface area contributed by atoms with E-state index in [2.05, 4.69) is 61.6 Å². The lowest BCUT2D eigenvalue weighted by Crippen LogP contribution is -2.41. The number of benzene rings is 2. The summed E-state index contributed by atoms with van der Waals surface area (Å²) in [7, 11) is -0.842. The Morgan fingerprint density at radius 2 is 1.58 bits per heavy atom. The number of pyridine rings is 1. The highest BCUT2D eigenvalue weighted by Crippen LogP contribution is 2.38. The minimum atomic E-state index is -1.93. The molecule has 0 spiro atoms. The van der Waals surface area contributed by atoms with Gasteiger partial charge in [-0.25, -0.2) is 9.67 Å². The van der Waals surface area contributed by atoms with Crippen molar-refractivity contribution in [3.8, 4) is 17.3 Å². The summed E-state index contributed by atoms with van der Waals surface area (Å²) in [4.78, 5) is 4.95. The van der Waals surface area contributed by atoms with Gasteiger partial charge in [0.2, 0.25) is 0 Å². The van der Waals surface area contributed by atoms with E-state index in [9.17, 15) is 0 Å². The summed E-state index contributed by atoms with van der Waals surface area (Å²) in [6, 6.07) is 17.8. The minimum Gasteiger partial charge on any atom is -0.497 e. The quantitative estimate of drug-likeness (QED) is 0.195. The van der Waals surface area contributed by atoms with Gasteiger partial charge < -0.3 is 23.2 Å². The Balaban J connectivity index is 1.51. The van der Waals surface area contributed by atoms with Crippen molar-refractivity contribution in [1.29, 1.82) is 0 Å². The molecule has 1 saturated heterocycles. The minimum absolute atomic E-state index is 0.120. The molecular formula is C33H44BN3O5Si. The van der Waals surface area contributed by atoms with Gasteiger partial charge in [-0.1, -0.05) is 39.0 Å². The van der Waals surface area contributed by atoms with Crippen molar-refractivity contribution in [1.82, 2.24) is 14.8 Å². The normalized spacial score (nSPS) is 16.6.